The van der Waals surface area contributed by atoms with Gasteiger partial charge in [-0.15, -0.1) is 0 Å². The van der Waals surface area contributed by atoms with Gasteiger partial charge in [0.1, 0.15) is 23.1 Å². The van der Waals surface area contributed by atoms with Crippen molar-refractivity contribution in [1.82, 2.24) is 34.3 Å². The van der Waals surface area contributed by atoms with Crippen molar-refractivity contribution in [3.63, 3.8) is 0 Å². The summed E-state index contributed by atoms with van der Waals surface area (Å²) in [5, 5.41) is 11.7. The molecule has 0 aromatic carbocycles. The third-order valence-corrected chi connectivity index (χ3v) is 4.56. The Kier molecular flexibility index (Phi) is 2.94. The number of anilines is 2. The monoisotopic (exact) mass is 365 g/mol. The van der Waals surface area contributed by atoms with Gasteiger partial charge >= 0.3 is 0 Å². The average molecular weight is 365 g/mol. The van der Waals surface area contributed by atoms with E-state index in [9.17, 15) is 0 Å². The van der Waals surface area contributed by atoms with Gasteiger partial charge in [-0.25, -0.2) is 19.5 Å². The minimum Gasteiger partial charge on any atom is -0.377 e. The van der Waals surface area contributed by atoms with E-state index in [1.54, 1.807) is 10.7 Å². The highest BCUT2D eigenvalue weighted by molar-refractivity contribution is 5.88. The number of aromatic nitrogens is 7. The summed E-state index contributed by atoms with van der Waals surface area (Å²) in [7, 11) is 0. The lowest BCUT2D eigenvalue weighted by Gasteiger charge is -2.12. The fourth-order valence-electron chi connectivity index (χ4n) is 3.13. The van der Waals surface area contributed by atoms with Gasteiger partial charge in [-0.05, 0) is 30.5 Å². The molecule has 136 valence electrons. The maximum absolute atomic E-state index is 7.81. The number of pyridine rings is 1. The number of aryl methyl sites for hydroxylation is 2. The fraction of sp³-hybridized carbons (Fsp3) is 0.278. The van der Waals surface area contributed by atoms with Crippen molar-refractivity contribution >= 4 is 33.9 Å². The summed E-state index contributed by atoms with van der Waals surface area (Å²) in [6.45, 7) is 0.530. The first-order valence-electron chi connectivity index (χ1n) is 10.0. The predicted octanol–water partition coefficient (Wildman–Crippen LogP) is 2.26. The molecule has 0 aliphatic carbocycles. The Morgan fingerprint density at radius 1 is 1.33 bits per heavy atom. The standard InChI is InChI=1S/C18H18N8O/c1-11-7-15-20-10-21-26(15)9-13(11)22-18-19-8-14-17(23-18)16(24-25(14)2)12-3-5-27-6-4-12/h3,7-10H,4-6H2,1-2H3,(H,19,22,23)/i2D3. The largest absolute Gasteiger partial charge is 0.377 e. The van der Waals surface area contributed by atoms with Gasteiger partial charge in [0.05, 0.1) is 31.3 Å². The van der Waals surface area contributed by atoms with Crippen LogP contribution in [-0.4, -0.2) is 47.6 Å². The molecular formula is C18H18N8O. The highest BCUT2D eigenvalue weighted by Gasteiger charge is 2.17. The topological polar surface area (TPSA) is 95.0 Å². The van der Waals surface area contributed by atoms with Crippen LogP contribution in [-0.2, 0) is 11.7 Å². The first kappa shape index (κ1) is 12.9. The van der Waals surface area contributed by atoms with E-state index in [1.165, 1.54) is 12.5 Å². The summed E-state index contributed by atoms with van der Waals surface area (Å²) >= 11 is 0. The van der Waals surface area contributed by atoms with E-state index < -0.39 is 6.98 Å². The van der Waals surface area contributed by atoms with E-state index in [1.807, 2.05) is 19.1 Å². The van der Waals surface area contributed by atoms with E-state index in [0.717, 1.165) is 27.2 Å². The Morgan fingerprint density at radius 2 is 2.30 bits per heavy atom. The van der Waals surface area contributed by atoms with Crippen molar-refractivity contribution in [3.05, 3.63) is 42.1 Å². The summed E-state index contributed by atoms with van der Waals surface area (Å²) in [6.07, 6.45) is 7.32. The van der Waals surface area contributed by atoms with Crippen LogP contribution in [0.2, 0.25) is 0 Å². The Bertz CT molecular complexity index is 1290. The number of nitrogens with one attached hydrogen (secondary N) is 1. The summed E-state index contributed by atoms with van der Waals surface area (Å²) in [4.78, 5) is 13.1. The highest BCUT2D eigenvalue weighted by Crippen LogP contribution is 2.28. The van der Waals surface area contributed by atoms with Crippen molar-refractivity contribution in [3.8, 4) is 0 Å². The molecule has 0 saturated carbocycles. The van der Waals surface area contributed by atoms with E-state index in [0.29, 0.717) is 42.3 Å². The van der Waals surface area contributed by atoms with Crippen LogP contribution in [0, 0.1) is 6.92 Å². The lowest BCUT2D eigenvalue weighted by atomic mass is 10.1. The zero-order valence-corrected chi connectivity index (χ0v) is 14.5. The van der Waals surface area contributed by atoms with Crippen molar-refractivity contribution in [1.29, 1.82) is 0 Å². The van der Waals surface area contributed by atoms with Crippen molar-refractivity contribution in [2.75, 3.05) is 18.5 Å². The second kappa shape index (κ2) is 6.13. The number of hydrogen-bond acceptors (Lipinski definition) is 7. The molecule has 0 amide bonds. The minimum atomic E-state index is -2.44. The molecule has 5 heterocycles. The molecule has 0 unspecified atom stereocenters. The molecule has 1 N–H and O–H groups in total. The summed E-state index contributed by atoms with van der Waals surface area (Å²) < 4.78 is 31.5. The Labute approximate surface area is 158 Å². The van der Waals surface area contributed by atoms with Gasteiger partial charge in [0.15, 0.2) is 5.65 Å². The zero-order chi connectivity index (χ0) is 20.9. The molecule has 0 bridgehead atoms. The summed E-state index contributed by atoms with van der Waals surface area (Å²) in [6, 6.07) is 1.90. The van der Waals surface area contributed by atoms with Crippen LogP contribution in [0.15, 0.2) is 30.9 Å². The van der Waals surface area contributed by atoms with Gasteiger partial charge in [0, 0.05) is 11.1 Å². The summed E-state index contributed by atoms with van der Waals surface area (Å²) in [5.74, 6) is 0.337. The van der Waals surface area contributed by atoms with Crippen LogP contribution in [0.3, 0.4) is 0 Å². The molecule has 0 saturated heterocycles. The molecule has 4 aromatic rings. The molecule has 0 radical (unpaired) electrons. The number of fused-ring (bicyclic) bond motifs is 2. The van der Waals surface area contributed by atoms with E-state index in [-0.39, 0.29) is 0 Å². The van der Waals surface area contributed by atoms with Crippen LogP contribution in [0.1, 0.15) is 21.8 Å². The smallest absolute Gasteiger partial charge is 0.227 e. The Hall–Kier alpha value is -3.33. The Balaban J connectivity index is 1.61. The SMILES string of the molecule is [2H]C([2H])([2H])n1nc(C2=CCOCC2)c2nc(Nc3cn4ncnc4cc3C)ncc21. The molecule has 1 aliphatic heterocycles. The second-order valence-electron chi connectivity index (χ2n) is 6.30. The number of hydrogen-bond donors (Lipinski definition) is 1. The van der Waals surface area contributed by atoms with Crippen LogP contribution < -0.4 is 5.32 Å². The molecule has 5 rings (SSSR count). The van der Waals surface area contributed by atoms with E-state index in [4.69, 9.17) is 8.85 Å². The maximum Gasteiger partial charge on any atom is 0.227 e. The van der Waals surface area contributed by atoms with Gasteiger partial charge in [0.2, 0.25) is 5.95 Å². The quantitative estimate of drug-likeness (QED) is 0.595. The van der Waals surface area contributed by atoms with Gasteiger partial charge in [-0.2, -0.15) is 10.2 Å². The number of ether oxygens (including phenoxy) is 1. The number of rotatable bonds is 3. The second-order valence-corrected chi connectivity index (χ2v) is 6.30. The van der Waals surface area contributed by atoms with Gasteiger partial charge in [-0.1, -0.05) is 6.08 Å². The normalized spacial score (nSPS) is 16.8. The van der Waals surface area contributed by atoms with E-state index >= 15 is 0 Å². The fourth-order valence-corrected chi connectivity index (χ4v) is 3.13. The molecular weight excluding hydrogens is 344 g/mol. The molecule has 1 aliphatic rings. The van der Waals surface area contributed by atoms with Gasteiger partial charge < -0.3 is 10.1 Å². The lowest BCUT2D eigenvalue weighted by molar-refractivity contribution is 0.161. The van der Waals surface area contributed by atoms with Crippen molar-refractivity contribution in [2.45, 2.75) is 13.3 Å². The van der Waals surface area contributed by atoms with Crippen LogP contribution in [0.4, 0.5) is 11.6 Å². The zero-order valence-electron chi connectivity index (χ0n) is 17.5. The molecule has 4 aromatic heterocycles. The molecule has 9 nitrogen and oxygen atoms in total. The van der Waals surface area contributed by atoms with Gasteiger partial charge in [-0.3, -0.25) is 4.68 Å². The van der Waals surface area contributed by atoms with Crippen LogP contribution in [0.25, 0.3) is 22.3 Å². The third-order valence-electron chi connectivity index (χ3n) is 4.56. The van der Waals surface area contributed by atoms with Crippen molar-refractivity contribution in [2.24, 2.45) is 6.98 Å². The molecule has 0 fully saturated rings. The minimum absolute atomic E-state index is 0.337. The molecule has 9 heteroatoms. The average Bonchev–Trinajstić information content (AvgIpc) is 3.32. The Morgan fingerprint density at radius 3 is 3.15 bits per heavy atom. The van der Waals surface area contributed by atoms with Crippen molar-refractivity contribution < 1.29 is 8.85 Å². The van der Waals surface area contributed by atoms with Crippen LogP contribution in [0.5, 0.6) is 0 Å². The summed E-state index contributed by atoms with van der Waals surface area (Å²) in [5.41, 5.74) is 4.74. The van der Waals surface area contributed by atoms with Crippen LogP contribution >= 0.6 is 0 Å². The highest BCUT2D eigenvalue weighted by atomic mass is 16.5. The molecule has 0 spiro atoms. The maximum atomic E-state index is 7.81. The molecule has 27 heavy (non-hydrogen) atoms. The molecule has 0 atom stereocenters. The van der Waals surface area contributed by atoms with Gasteiger partial charge in [0.25, 0.3) is 0 Å². The predicted molar refractivity (Wildman–Crippen MR) is 101 cm³/mol. The first-order valence-corrected chi connectivity index (χ1v) is 8.50. The third kappa shape index (κ3) is 2.72. The lowest BCUT2D eigenvalue weighted by Crippen LogP contribution is -2.05. The first-order chi connectivity index (χ1) is 14.4. The van der Waals surface area contributed by atoms with E-state index in [2.05, 4.69) is 30.5 Å². The number of nitrogens with zero attached hydrogens (tertiary/aromatic N) is 7.